The van der Waals surface area contributed by atoms with Gasteiger partial charge in [0.2, 0.25) is 5.91 Å². The van der Waals surface area contributed by atoms with Crippen LogP contribution in [0.1, 0.15) is 68.4 Å². The Hall–Kier alpha value is -3.28. The molecule has 1 saturated carbocycles. The molecule has 6 nitrogen and oxygen atoms in total. The van der Waals surface area contributed by atoms with Crippen molar-refractivity contribution in [2.45, 2.75) is 52.4 Å². The van der Waals surface area contributed by atoms with E-state index in [1.54, 1.807) is 0 Å². The number of fused-ring (bicyclic) bond motifs is 1. The molecule has 6 heteroatoms. The van der Waals surface area contributed by atoms with Crippen LogP contribution in [0.15, 0.2) is 54.7 Å². The van der Waals surface area contributed by atoms with Crippen LogP contribution in [0.4, 0.5) is 5.69 Å². The van der Waals surface area contributed by atoms with Crippen LogP contribution in [-0.4, -0.2) is 21.8 Å². The molecule has 1 aliphatic carbocycles. The second-order valence-corrected chi connectivity index (χ2v) is 9.79. The van der Waals surface area contributed by atoms with E-state index in [1.165, 1.54) is 11.8 Å². The zero-order valence-corrected chi connectivity index (χ0v) is 18.9. The first-order valence-electron chi connectivity index (χ1n) is 11.1. The first-order chi connectivity index (χ1) is 15.2. The predicted molar refractivity (Wildman–Crippen MR) is 126 cm³/mol. The number of primary amides is 1. The van der Waals surface area contributed by atoms with Gasteiger partial charge in [-0.1, -0.05) is 45.0 Å². The number of benzene rings is 2. The third kappa shape index (κ3) is 4.09. The molecule has 166 valence electrons. The Morgan fingerprint density at radius 3 is 2.22 bits per heavy atom. The minimum Gasteiger partial charge on any atom is -0.369 e. The lowest BCUT2D eigenvalue weighted by molar-refractivity contribution is -0.137. The Balaban J connectivity index is 1.42. The van der Waals surface area contributed by atoms with Crippen molar-refractivity contribution in [3.63, 3.8) is 0 Å². The molecule has 0 radical (unpaired) electrons. The summed E-state index contributed by atoms with van der Waals surface area (Å²) in [7, 11) is 0. The molecule has 0 aliphatic heterocycles. The first-order valence-corrected chi connectivity index (χ1v) is 11.1. The zero-order chi connectivity index (χ0) is 22.9. The molecule has 3 N–H and O–H groups in total. The molecule has 2 amide bonds. The van der Waals surface area contributed by atoms with Crippen molar-refractivity contribution in [1.29, 1.82) is 0 Å². The molecule has 0 spiro atoms. The Bertz CT molecular complexity index is 1140. The second kappa shape index (κ2) is 8.34. The van der Waals surface area contributed by atoms with Gasteiger partial charge in [0.05, 0.1) is 22.6 Å². The lowest BCUT2D eigenvalue weighted by atomic mass is 9.57. The maximum absolute atomic E-state index is 12.6. The highest BCUT2D eigenvalue weighted by atomic mass is 16.2. The van der Waals surface area contributed by atoms with E-state index in [4.69, 9.17) is 5.73 Å². The number of amides is 2. The SMILES string of the molecule is CC(C)(C)C1(C(N)=O)CCC(c2ccc(NC(=O)c3cnc4ccccc4n3)cc2)CC1. The summed E-state index contributed by atoms with van der Waals surface area (Å²) in [6.45, 7) is 6.32. The van der Waals surface area contributed by atoms with Gasteiger partial charge in [-0.15, -0.1) is 0 Å². The van der Waals surface area contributed by atoms with Gasteiger partial charge in [-0.2, -0.15) is 0 Å². The van der Waals surface area contributed by atoms with Crippen LogP contribution >= 0.6 is 0 Å². The van der Waals surface area contributed by atoms with E-state index < -0.39 is 5.41 Å². The molecule has 2 aromatic carbocycles. The van der Waals surface area contributed by atoms with E-state index in [9.17, 15) is 9.59 Å². The van der Waals surface area contributed by atoms with Gasteiger partial charge in [-0.25, -0.2) is 4.98 Å². The monoisotopic (exact) mass is 430 g/mol. The Labute approximate surface area is 188 Å². The van der Waals surface area contributed by atoms with Gasteiger partial charge in [0, 0.05) is 5.69 Å². The summed E-state index contributed by atoms with van der Waals surface area (Å²) in [5.41, 5.74) is 8.90. The quantitative estimate of drug-likeness (QED) is 0.604. The largest absolute Gasteiger partial charge is 0.369 e. The number of nitrogens with zero attached hydrogens (tertiary/aromatic N) is 2. The molecular formula is C26H30N4O2. The number of carbonyl (C=O) groups excluding carboxylic acids is 2. The zero-order valence-electron chi connectivity index (χ0n) is 18.9. The van der Waals surface area contributed by atoms with Gasteiger partial charge < -0.3 is 11.1 Å². The van der Waals surface area contributed by atoms with Crippen molar-refractivity contribution in [3.05, 3.63) is 66.0 Å². The van der Waals surface area contributed by atoms with E-state index in [-0.39, 0.29) is 22.9 Å². The summed E-state index contributed by atoms with van der Waals surface area (Å²) in [4.78, 5) is 33.6. The minimum absolute atomic E-state index is 0.149. The van der Waals surface area contributed by atoms with E-state index in [0.717, 1.165) is 31.2 Å². The lowest BCUT2D eigenvalue weighted by Crippen LogP contribution is -2.48. The highest BCUT2D eigenvalue weighted by molar-refractivity contribution is 6.03. The Kier molecular flexibility index (Phi) is 5.71. The van der Waals surface area contributed by atoms with Crippen LogP contribution < -0.4 is 11.1 Å². The van der Waals surface area contributed by atoms with Crippen molar-refractivity contribution < 1.29 is 9.59 Å². The molecule has 0 bridgehead atoms. The van der Waals surface area contributed by atoms with Gasteiger partial charge in [0.1, 0.15) is 5.69 Å². The number of hydrogen-bond donors (Lipinski definition) is 2. The molecule has 32 heavy (non-hydrogen) atoms. The van der Waals surface area contributed by atoms with E-state index in [1.807, 2.05) is 36.4 Å². The number of anilines is 1. The summed E-state index contributed by atoms with van der Waals surface area (Å²) in [6.07, 6.45) is 4.96. The maximum Gasteiger partial charge on any atom is 0.275 e. The van der Waals surface area contributed by atoms with Crippen LogP contribution in [0.3, 0.4) is 0 Å². The van der Waals surface area contributed by atoms with Crippen molar-refractivity contribution in [3.8, 4) is 0 Å². The molecule has 1 fully saturated rings. The molecule has 0 atom stereocenters. The number of rotatable bonds is 4. The molecule has 1 heterocycles. The number of hydrogen-bond acceptors (Lipinski definition) is 4. The third-order valence-electron chi connectivity index (χ3n) is 7.07. The fourth-order valence-electron chi connectivity index (χ4n) is 4.91. The fraction of sp³-hybridized carbons (Fsp3) is 0.385. The topological polar surface area (TPSA) is 98.0 Å². The van der Waals surface area contributed by atoms with Crippen LogP contribution in [0, 0.1) is 10.8 Å². The second-order valence-electron chi connectivity index (χ2n) is 9.79. The average molecular weight is 431 g/mol. The highest BCUT2D eigenvalue weighted by Crippen LogP contribution is 2.52. The van der Waals surface area contributed by atoms with Crippen LogP contribution in [0.2, 0.25) is 0 Å². The van der Waals surface area contributed by atoms with Crippen LogP contribution in [0.25, 0.3) is 11.0 Å². The summed E-state index contributed by atoms with van der Waals surface area (Å²) in [5, 5.41) is 2.90. The van der Waals surface area contributed by atoms with Gasteiger partial charge in [-0.05, 0) is 66.8 Å². The standard InChI is InChI=1S/C26H30N4O2/c1-25(2,3)26(24(27)32)14-12-18(13-15-26)17-8-10-19(11-9-17)29-23(31)22-16-28-20-6-4-5-7-21(20)30-22/h4-11,16,18H,12-15H2,1-3H3,(H2,27,32)(H,29,31). The van der Waals surface area contributed by atoms with E-state index in [0.29, 0.717) is 17.1 Å². The molecule has 1 aliphatic rings. The number of aromatic nitrogens is 2. The van der Waals surface area contributed by atoms with Gasteiger partial charge >= 0.3 is 0 Å². The van der Waals surface area contributed by atoms with Gasteiger partial charge in [0.15, 0.2) is 0 Å². The maximum atomic E-state index is 12.6. The molecule has 1 aromatic heterocycles. The summed E-state index contributed by atoms with van der Waals surface area (Å²) >= 11 is 0. The number of nitrogens with one attached hydrogen (secondary N) is 1. The normalized spacial score (nSPS) is 21.3. The molecule has 0 saturated heterocycles. The fourth-order valence-corrected chi connectivity index (χ4v) is 4.91. The molecular weight excluding hydrogens is 400 g/mol. The van der Waals surface area contributed by atoms with E-state index >= 15 is 0 Å². The Morgan fingerprint density at radius 2 is 1.62 bits per heavy atom. The summed E-state index contributed by atoms with van der Waals surface area (Å²) < 4.78 is 0. The number of para-hydroxylation sites is 2. The lowest BCUT2D eigenvalue weighted by Gasteiger charge is -2.47. The number of nitrogens with two attached hydrogens (primary N) is 1. The molecule has 3 aromatic rings. The smallest absolute Gasteiger partial charge is 0.275 e. The van der Waals surface area contributed by atoms with Gasteiger partial charge in [0.25, 0.3) is 5.91 Å². The van der Waals surface area contributed by atoms with Crippen molar-refractivity contribution in [2.75, 3.05) is 5.32 Å². The Morgan fingerprint density at radius 1 is 1.00 bits per heavy atom. The molecule has 0 unspecified atom stereocenters. The van der Waals surface area contributed by atoms with Crippen molar-refractivity contribution >= 4 is 28.5 Å². The summed E-state index contributed by atoms with van der Waals surface area (Å²) in [6, 6.07) is 15.4. The third-order valence-corrected chi connectivity index (χ3v) is 7.07. The number of carbonyl (C=O) groups is 2. The summed E-state index contributed by atoms with van der Waals surface area (Å²) in [5.74, 6) is -0.0793. The van der Waals surface area contributed by atoms with Crippen molar-refractivity contribution in [2.24, 2.45) is 16.6 Å². The van der Waals surface area contributed by atoms with Crippen molar-refractivity contribution in [1.82, 2.24) is 9.97 Å². The predicted octanol–water partition coefficient (Wildman–Crippen LogP) is 5.06. The van der Waals surface area contributed by atoms with Crippen LogP contribution in [-0.2, 0) is 4.79 Å². The highest BCUT2D eigenvalue weighted by Gasteiger charge is 2.49. The van der Waals surface area contributed by atoms with E-state index in [2.05, 4.69) is 48.2 Å². The minimum atomic E-state index is -0.446. The average Bonchev–Trinajstić information content (AvgIpc) is 2.78. The van der Waals surface area contributed by atoms with Crippen LogP contribution in [0.5, 0.6) is 0 Å². The molecule has 4 rings (SSSR count). The first kappa shape index (κ1) is 21.9. The van der Waals surface area contributed by atoms with Gasteiger partial charge in [-0.3, -0.25) is 14.6 Å².